The van der Waals surface area contributed by atoms with E-state index in [1.165, 1.54) is 35.6 Å². The van der Waals surface area contributed by atoms with E-state index in [0.29, 0.717) is 0 Å². The lowest BCUT2D eigenvalue weighted by Crippen LogP contribution is -2.13. The summed E-state index contributed by atoms with van der Waals surface area (Å²) in [5.74, 6) is 1.20. The molecule has 0 aliphatic heterocycles. The Morgan fingerprint density at radius 1 is 1.17 bits per heavy atom. The summed E-state index contributed by atoms with van der Waals surface area (Å²) in [6.45, 7) is 5.45. The fourth-order valence-corrected chi connectivity index (χ4v) is 2.52. The van der Waals surface area contributed by atoms with Crippen LogP contribution < -0.4 is 5.32 Å². The molecule has 18 heavy (non-hydrogen) atoms. The van der Waals surface area contributed by atoms with Crippen molar-refractivity contribution in [2.24, 2.45) is 0 Å². The maximum atomic E-state index is 3.42. The number of benzene rings is 1. The first-order valence-corrected chi connectivity index (χ1v) is 7.78. The Morgan fingerprint density at radius 2 is 1.89 bits per heavy atom. The predicted octanol–water partition coefficient (Wildman–Crippen LogP) is 3.23. The van der Waals surface area contributed by atoms with E-state index in [2.05, 4.69) is 55.5 Å². The molecule has 0 saturated heterocycles. The van der Waals surface area contributed by atoms with Gasteiger partial charge in [-0.25, -0.2) is 0 Å². The lowest BCUT2D eigenvalue weighted by Gasteiger charge is -2.09. The molecule has 0 radical (unpaired) electrons. The second-order valence-electron chi connectivity index (χ2n) is 4.83. The molecule has 0 aliphatic carbocycles. The lowest BCUT2D eigenvalue weighted by molar-refractivity contribution is 0.410. The number of hydrogen-bond acceptors (Lipinski definition) is 3. The van der Waals surface area contributed by atoms with Gasteiger partial charge in [-0.3, -0.25) is 0 Å². The van der Waals surface area contributed by atoms with Gasteiger partial charge in [0.25, 0.3) is 0 Å². The molecule has 102 valence electrons. The predicted molar refractivity (Wildman–Crippen MR) is 82.3 cm³/mol. The molecular formula is C15H26N2S. The van der Waals surface area contributed by atoms with Gasteiger partial charge in [-0.05, 0) is 63.5 Å². The van der Waals surface area contributed by atoms with Crippen molar-refractivity contribution in [2.75, 3.05) is 32.9 Å². The van der Waals surface area contributed by atoms with Crippen LogP contribution in [-0.4, -0.2) is 37.8 Å². The highest BCUT2D eigenvalue weighted by Crippen LogP contribution is 2.19. The second-order valence-corrected chi connectivity index (χ2v) is 5.99. The van der Waals surface area contributed by atoms with Crippen LogP contribution in [0.4, 0.5) is 0 Å². The Bertz CT molecular complexity index is 309. The summed E-state index contributed by atoms with van der Waals surface area (Å²) in [6, 6.07) is 8.94. The first-order valence-electron chi connectivity index (χ1n) is 6.79. The van der Waals surface area contributed by atoms with E-state index in [1.54, 1.807) is 0 Å². The van der Waals surface area contributed by atoms with E-state index in [4.69, 9.17) is 0 Å². The van der Waals surface area contributed by atoms with Gasteiger partial charge < -0.3 is 10.2 Å². The van der Waals surface area contributed by atoms with E-state index in [9.17, 15) is 0 Å². The average Bonchev–Trinajstić information content (AvgIpc) is 2.36. The quantitative estimate of drug-likeness (QED) is 0.546. The largest absolute Gasteiger partial charge is 0.313 e. The minimum Gasteiger partial charge on any atom is -0.313 e. The van der Waals surface area contributed by atoms with Crippen molar-refractivity contribution in [3.8, 4) is 0 Å². The summed E-state index contributed by atoms with van der Waals surface area (Å²) < 4.78 is 0. The van der Waals surface area contributed by atoms with Crippen LogP contribution in [0.5, 0.6) is 0 Å². The molecule has 0 spiro atoms. The zero-order valence-corrected chi connectivity index (χ0v) is 12.7. The monoisotopic (exact) mass is 266 g/mol. The Hall–Kier alpha value is -0.510. The van der Waals surface area contributed by atoms with Crippen molar-refractivity contribution in [1.82, 2.24) is 10.2 Å². The average molecular weight is 266 g/mol. The molecule has 1 N–H and O–H groups in total. The van der Waals surface area contributed by atoms with Crippen LogP contribution in [0, 0.1) is 0 Å². The molecule has 0 aliphatic rings. The van der Waals surface area contributed by atoms with Crippen molar-refractivity contribution in [3.05, 3.63) is 29.8 Å². The molecule has 3 heteroatoms. The third-order valence-electron chi connectivity index (χ3n) is 2.70. The second kappa shape index (κ2) is 9.42. The molecule has 1 aromatic rings. The van der Waals surface area contributed by atoms with Gasteiger partial charge in [-0.2, -0.15) is 0 Å². The number of nitrogens with one attached hydrogen (secondary N) is 1. The highest BCUT2D eigenvalue weighted by atomic mass is 32.2. The van der Waals surface area contributed by atoms with Gasteiger partial charge >= 0.3 is 0 Å². The van der Waals surface area contributed by atoms with Crippen LogP contribution in [0.2, 0.25) is 0 Å². The van der Waals surface area contributed by atoms with E-state index in [1.807, 2.05) is 11.8 Å². The van der Waals surface area contributed by atoms with Gasteiger partial charge in [0.15, 0.2) is 0 Å². The highest BCUT2D eigenvalue weighted by Gasteiger charge is 1.96. The zero-order chi connectivity index (χ0) is 13.2. The molecule has 2 nitrogen and oxygen atoms in total. The van der Waals surface area contributed by atoms with Crippen LogP contribution in [0.1, 0.15) is 25.3 Å². The topological polar surface area (TPSA) is 15.3 Å². The number of rotatable bonds is 9. The molecule has 0 heterocycles. The maximum Gasteiger partial charge on any atom is 0.0205 e. The van der Waals surface area contributed by atoms with Gasteiger partial charge in [-0.1, -0.05) is 19.1 Å². The molecular weight excluding hydrogens is 240 g/mol. The summed E-state index contributed by atoms with van der Waals surface area (Å²) in [7, 11) is 4.26. The molecule has 0 saturated carbocycles. The highest BCUT2D eigenvalue weighted by molar-refractivity contribution is 7.99. The summed E-state index contributed by atoms with van der Waals surface area (Å²) >= 11 is 1.95. The normalized spacial score (nSPS) is 11.1. The number of thioether (sulfide) groups is 1. The third-order valence-corrected chi connectivity index (χ3v) is 3.80. The summed E-state index contributed by atoms with van der Waals surface area (Å²) in [4.78, 5) is 3.62. The Kier molecular flexibility index (Phi) is 8.14. The van der Waals surface area contributed by atoms with Crippen molar-refractivity contribution >= 4 is 11.8 Å². The van der Waals surface area contributed by atoms with Gasteiger partial charge in [0, 0.05) is 11.4 Å². The van der Waals surface area contributed by atoms with Gasteiger partial charge in [-0.15, -0.1) is 11.8 Å². The molecule has 1 aromatic carbocycles. The Morgan fingerprint density at radius 3 is 2.50 bits per heavy atom. The van der Waals surface area contributed by atoms with Crippen molar-refractivity contribution < 1.29 is 0 Å². The molecule has 0 bridgehead atoms. The molecule has 0 fully saturated rings. The van der Waals surface area contributed by atoms with E-state index >= 15 is 0 Å². The summed E-state index contributed by atoms with van der Waals surface area (Å²) in [5.41, 5.74) is 1.38. The number of nitrogens with zero attached hydrogens (tertiary/aromatic N) is 1. The van der Waals surface area contributed by atoms with E-state index < -0.39 is 0 Å². The SMILES string of the molecule is CCCNCc1ccc(SCCCN(C)C)cc1. The Balaban J connectivity index is 2.23. The minimum absolute atomic E-state index is 0.986. The van der Waals surface area contributed by atoms with Gasteiger partial charge in [0.2, 0.25) is 0 Å². The molecule has 0 unspecified atom stereocenters. The van der Waals surface area contributed by atoms with Crippen LogP contribution in [0.3, 0.4) is 0 Å². The van der Waals surface area contributed by atoms with Crippen LogP contribution in [-0.2, 0) is 6.54 Å². The molecule has 0 amide bonds. The Labute approximate surface area is 116 Å². The van der Waals surface area contributed by atoms with Crippen LogP contribution in [0.15, 0.2) is 29.2 Å². The maximum absolute atomic E-state index is 3.42. The zero-order valence-electron chi connectivity index (χ0n) is 11.9. The van der Waals surface area contributed by atoms with E-state index in [-0.39, 0.29) is 0 Å². The van der Waals surface area contributed by atoms with Crippen molar-refractivity contribution in [1.29, 1.82) is 0 Å². The fraction of sp³-hybridized carbons (Fsp3) is 0.600. The van der Waals surface area contributed by atoms with Crippen molar-refractivity contribution in [2.45, 2.75) is 31.2 Å². The lowest BCUT2D eigenvalue weighted by atomic mass is 10.2. The van der Waals surface area contributed by atoms with Gasteiger partial charge in [0.1, 0.15) is 0 Å². The minimum atomic E-state index is 0.986. The van der Waals surface area contributed by atoms with Crippen LogP contribution >= 0.6 is 11.8 Å². The van der Waals surface area contributed by atoms with Crippen molar-refractivity contribution in [3.63, 3.8) is 0 Å². The van der Waals surface area contributed by atoms with Gasteiger partial charge in [0.05, 0.1) is 0 Å². The first kappa shape index (κ1) is 15.5. The smallest absolute Gasteiger partial charge is 0.0205 e. The first-order chi connectivity index (χ1) is 8.72. The summed E-state index contributed by atoms with van der Waals surface area (Å²) in [5, 5.41) is 3.42. The standard InChI is InChI=1S/C15H26N2S/c1-4-10-16-13-14-6-8-15(9-7-14)18-12-5-11-17(2)3/h6-9,16H,4-5,10-13H2,1-3H3. The molecule has 0 aromatic heterocycles. The summed E-state index contributed by atoms with van der Waals surface area (Å²) in [6.07, 6.45) is 2.44. The third kappa shape index (κ3) is 7.04. The number of hydrogen-bond donors (Lipinski definition) is 1. The molecule has 1 rings (SSSR count). The molecule has 0 atom stereocenters. The van der Waals surface area contributed by atoms with E-state index in [0.717, 1.165) is 13.1 Å². The van der Waals surface area contributed by atoms with Crippen LogP contribution in [0.25, 0.3) is 0 Å². The fourth-order valence-electron chi connectivity index (χ4n) is 1.68.